The van der Waals surface area contributed by atoms with Crippen molar-refractivity contribution >= 4 is 37.5 Å². The van der Waals surface area contributed by atoms with Crippen molar-refractivity contribution in [3.63, 3.8) is 0 Å². The zero-order valence-electron chi connectivity index (χ0n) is 16.3. The predicted octanol–water partition coefficient (Wildman–Crippen LogP) is 4.23. The summed E-state index contributed by atoms with van der Waals surface area (Å²) in [5.41, 5.74) is 1.57. The van der Waals surface area contributed by atoms with Gasteiger partial charge < -0.3 is 10.1 Å². The fourth-order valence-corrected chi connectivity index (χ4v) is 4.65. The number of nitrogens with one attached hydrogen (secondary N) is 2. The molecule has 0 bridgehead atoms. The smallest absolute Gasteiger partial charge is 0.261 e. The van der Waals surface area contributed by atoms with E-state index >= 15 is 0 Å². The minimum absolute atomic E-state index is 0.0504. The summed E-state index contributed by atoms with van der Waals surface area (Å²) in [6, 6.07) is 20.7. The molecule has 3 rings (SSSR count). The van der Waals surface area contributed by atoms with E-state index in [0.29, 0.717) is 23.2 Å². The maximum Gasteiger partial charge on any atom is 0.261 e. The zero-order chi connectivity index (χ0) is 21.6. The van der Waals surface area contributed by atoms with Crippen LogP contribution in [0, 0.1) is 0 Å². The normalized spacial score (nSPS) is 11.0. The summed E-state index contributed by atoms with van der Waals surface area (Å²) in [6.45, 7) is 0.440. The predicted molar refractivity (Wildman–Crippen MR) is 120 cm³/mol. The molecule has 8 heteroatoms. The van der Waals surface area contributed by atoms with Gasteiger partial charge in [-0.3, -0.25) is 9.52 Å². The van der Waals surface area contributed by atoms with Crippen molar-refractivity contribution in [2.75, 3.05) is 18.4 Å². The Balaban J connectivity index is 1.74. The van der Waals surface area contributed by atoms with Crippen LogP contribution >= 0.6 is 15.9 Å². The Kier molecular flexibility index (Phi) is 7.12. The first kappa shape index (κ1) is 21.9. The number of ether oxygens (including phenoxy) is 1. The fourth-order valence-electron chi connectivity index (χ4n) is 2.85. The molecule has 0 aliphatic heterocycles. The topological polar surface area (TPSA) is 84.5 Å². The van der Waals surface area contributed by atoms with E-state index in [1.807, 2.05) is 30.3 Å². The molecular formula is C22H21BrN2O4S. The SMILES string of the molecule is COc1ccc(S(=O)(=O)Nc2ccccc2C(=O)NCCc2ccccc2)cc1Br. The van der Waals surface area contributed by atoms with Crippen LogP contribution in [0.2, 0.25) is 0 Å². The Morgan fingerprint density at radius 1 is 1.00 bits per heavy atom. The third-order valence-corrected chi connectivity index (χ3v) is 6.37. The van der Waals surface area contributed by atoms with Gasteiger partial charge in [-0.25, -0.2) is 8.42 Å². The van der Waals surface area contributed by atoms with Crippen LogP contribution in [0.5, 0.6) is 5.75 Å². The molecule has 1 amide bonds. The van der Waals surface area contributed by atoms with Crippen molar-refractivity contribution in [3.8, 4) is 5.75 Å². The fraction of sp³-hybridized carbons (Fsp3) is 0.136. The summed E-state index contributed by atoms with van der Waals surface area (Å²) in [5.74, 6) is 0.173. The lowest BCUT2D eigenvalue weighted by molar-refractivity contribution is 0.0955. The second-order valence-corrected chi connectivity index (χ2v) is 8.98. The third-order valence-electron chi connectivity index (χ3n) is 4.39. The molecule has 0 heterocycles. The Morgan fingerprint density at radius 2 is 1.70 bits per heavy atom. The molecule has 0 fully saturated rings. The Bertz CT molecular complexity index is 1130. The van der Waals surface area contributed by atoms with E-state index in [-0.39, 0.29) is 22.1 Å². The maximum absolute atomic E-state index is 12.8. The number of hydrogen-bond acceptors (Lipinski definition) is 4. The molecule has 0 radical (unpaired) electrons. The largest absolute Gasteiger partial charge is 0.496 e. The van der Waals surface area contributed by atoms with Gasteiger partial charge in [-0.05, 0) is 58.2 Å². The van der Waals surface area contributed by atoms with Gasteiger partial charge in [0.2, 0.25) is 0 Å². The van der Waals surface area contributed by atoms with E-state index in [1.165, 1.54) is 19.2 Å². The van der Waals surface area contributed by atoms with E-state index in [2.05, 4.69) is 26.0 Å². The molecule has 0 aliphatic carbocycles. The number of rotatable bonds is 8. The third kappa shape index (κ3) is 5.40. The van der Waals surface area contributed by atoms with Gasteiger partial charge in [0, 0.05) is 6.54 Å². The highest BCUT2D eigenvalue weighted by Gasteiger charge is 2.19. The minimum atomic E-state index is -3.90. The lowest BCUT2D eigenvalue weighted by Crippen LogP contribution is -2.27. The molecule has 30 heavy (non-hydrogen) atoms. The molecule has 2 N–H and O–H groups in total. The van der Waals surface area contributed by atoms with Crippen molar-refractivity contribution in [1.29, 1.82) is 0 Å². The number of sulfonamides is 1. The van der Waals surface area contributed by atoms with Crippen LogP contribution in [-0.4, -0.2) is 28.0 Å². The van der Waals surface area contributed by atoms with E-state index in [9.17, 15) is 13.2 Å². The highest BCUT2D eigenvalue weighted by Crippen LogP contribution is 2.28. The number of hydrogen-bond donors (Lipinski definition) is 2. The molecule has 3 aromatic rings. The second kappa shape index (κ2) is 9.77. The van der Waals surface area contributed by atoms with Gasteiger partial charge in [-0.1, -0.05) is 42.5 Å². The van der Waals surface area contributed by atoms with Crippen LogP contribution < -0.4 is 14.8 Å². The molecule has 0 aromatic heterocycles. The van der Waals surface area contributed by atoms with Crippen molar-refractivity contribution < 1.29 is 17.9 Å². The number of carbonyl (C=O) groups is 1. The maximum atomic E-state index is 12.8. The van der Waals surface area contributed by atoms with E-state index < -0.39 is 10.0 Å². The number of anilines is 1. The van der Waals surface area contributed by atoms with Crippen LogP contribution in [0.3, 0.4) is 0 Å². The van der Waals surface area contributed by atoms with Crippen LogP contribution in [0.15, 0.2) is 82.2 Å². The van der Waals surface area contributed by atoms with Gasteiger partial charge in [0.05, 0.1) is 27.7 Å². The number of benzene rings is 3. The van der Waals surface area contributed by atoms with Crippen LogP contribution in [0.1, 0.15) is 15.9 Å². The summed E-state index contributed by atoms with van der Waals surface area (Å²) >= 11 is 3.29. The first-order chi connectivity index (χ1) is 14.4. The molecule has 0 atom stereocenters. The summed E-state index contributed by atoms with van der Waals surface area (Å²) in [6.07, 6.45) is 0.681. The second-order valence-electron chi connectivity index (χ2n) is 6.44. The van der Waals surface area contributed by atoms with E-state index in [0.717, 1.165) is 5.56 Å². The molecule has 6 nitrogen and oxygen atoms in total. The molecule has 3 aromatic carbocycles. The molecule has 0 unspecified atom stereocenters. The summed E-state index contributed by atoms with van der Waals surface area (Å²) < 4.78 is 33.8. The summed E-state index contributed by atoms with van der Waals surface area (Å²) in [7, 11) is -2.40. The Labute approximate surface area is 184 Å². The van der Waals surface area contributed by atoms with E-state index in [4.69, 9.17) is 4.74 Å². The summed E-state index contributed by atoms with van der Waals surface area (Å²) in [4.78, 5) is 12.7. The van der Waals surface area contributed by atoms with Crippen molar-refractivity contribution in [3.05, 3.63) is 88.4 Å². The van der Waals surface area contributed by atoms with Gasteiger partial charge in [0.25, 0.3) is 15.9 Å². The Hall–Kier alpha value is -2.84. The average Bonchev–Trinajstić information content (AvgIpc) is 2.74. The van der Waals surface area contributed by atoms with Gasteiger partial charge in [-0.2, -0.15) is 0 Å². The van der Waals surface area contributed by atoms with Gasteiger partial charge >= 0.3 is 0 Å². The zero-order valence-corrected chi connectivity index (χ0v) is 18.7. The molecule has 0 spiro atoms. The quantitative estimate of drug-likeness (QED) is 0.496. The number of carbonyl (C=O) groups excluding carboxylic acids is 1. The molecule has 0 aliphatic rings. The molecule has 156 valence electrons. The molecular weight excluding hydrogens is 468 g/mol. The lowest BCUT2D eigenvalue weighted by Gasteiger charge is -2.13. The monoisotopic (exact) mass is 488 g/mol. The lowest BCUT2D eigenvalue weighted by atomic mass is 10.1. The number of para-hydroxylation sites is 1. The highest BCUT2D eigenvalue weighted by atomic mass is 79.9. The van der Waals surface area contributed by atoms with Crippen molar-refractivity contribution in [2.24, 2.45) is 0 Å². The van der Waals surface area contributed by atoms with Gasteiger partial charge in [-0.15, -0.1) is 0 Å². The molecule has 0 saturated carbocycles. The number of methoxy groups -OCH3 is 1. The van der Waals surface area contributed by atoms with Gasteiger partial charge in [0.1, 0.15) is 5.75 Å². The van der Waals surface area contributed by atoms with Crippen LogP contribution in [-0.2, 0) is 16.4 Å². The first-order valence-electron chi connectivity index (χ1n) is 9.18. The van der Waals surface area contributed by atoms with Gasteiger partial charge in [0.15, 0.2) is 0 Å². The Morgan fingerprint density at radius 3 is 2.40 bits per heavy atom. The minimum Gasteiger partial charge on any atom is -0.496 e. The molecule has 0 saturated heterocycles. The van der Waals surface area contributed by atoms with Crippen LogP contribution in [0.4, 0.5) is 5.69 Å². The highest BCUT2D eigenvalue weighted by molar-refractivity contribution is 9.10. The number of halogens is 1. The first-order valence-corrected chi connectivity index (χ1v) is 11.5. The average molecular weight is 489 g/mol. The van der Waals surface area contributed by atoms with Crippen molar-refractivity contribution in [1.82, 2.24) is 5.32 Å². The van der Waals surface area contributed by atoms with Crippen molar-refractivity contribution in [2.45, 2.75) is 11.3 Å². The number of amides is 1. The standard InChI is InChI=1S/C22H21BrN2O4S/c1-29-21-12-11-17(15-19(21)23)30(27,28)25-20-10-6-5-9-18(20)22(26)24-14-13-16-7-3-2-4-8-16/h2-12,15,25H,13-14H2,1H3,(H,24,26). The van der Waals surface area contributed by atoms with E-state index in [1.54, 1.807) is 30.3 Å². The summed E-state index contributed by atoms with van der Waals surface area (Å²) in [5, 5.41) is 2.84. The van der Waals surface area contributed by atoms with Crippen LogP contribution in [0.25, 0.3) is 0 Å².